The van der Waals surface area contributed by atoms with Crippen LogP contribution in [0.2, 0.25) is 10.0 Å². The van der Waals surface area contributed by atoms with Gasteiger partial charge >= 0.3 is 5.97 Å². The minimum absolute atomic E-state index is 0.288. The van der Waals surface area contributed by atoms with E-state index in [2.05, 4.69) is 5.16 Å². The van der Waals surface area contributed by atoms with Gasteiger partial charge in [-0.05, 0) is 19.1 Å². The summed E-state index contributed by atoms with van der Waals surface area (Å²) in [5, 5.41) is 4.66. The smallest absolute Gasteiger partial charge is 0.343 e. The van der Waals surface area contributed by atoms with E-state index in [1.54, 1.807) is 25.1 Å². The van der Waals surface area contributed by atoms with Crippen LogP contribution in [0.3, 0.4) is 0 Å². The van der Waals surface area contributed by atoms with Crippen LogP contribution in [-0.4, -0.2) is 18.2 Å². The Morgan fingerprint density at radius 3 is 2.67 bits per heavy atom. The molecule has 0 bridgehead atoms. The predicted molar refractivity (Wildman–Crippen MR) is 68.0 cm³/mol. The molecule has 1 aromatic carbocycles. The summed E-state index contributed by atoms with van der Waals surface area (Å²) in [6, 6.07) is 4.95. The summed E-state index contributed by atoms with van der Waals surface area (Å²) in [6.07, 6.45) is 0. The van der Waals surface area contributed by atoms with Crippen molar-refractivity contribution in [2.75, 3.05) is 7.11 Å². The Hall–Kier alpha value is -1.52. The molecule has 18 heavy (non-hydrogen) atoms. The van der Waals surface area contributed by atoms with Crippen LogP contribution in [-0.2, 0) is 4.74 Å². The van der Waals surface area contributed by atoms with E-state index >= 15 is 0 Å². The monoisotopic (exact) mass is 285 g/mol. The topological polar surface area (TPSA) is 52.3 Å². The zero-order valence-corrected chi connectivity index (χ0v) is 11.2. The summed E-state index contributed by atoms with van der Waals surface area (Å²) in [5.74, 6) is -0.113. The van der Waals surface area contributed by atoms with Gasteiger partial charge in [-0.25, -0.2) is 4.79 Å². The van der Waals surface area contributed by atoms with Crippen molar-refractivity contribution in [3.8, 4) is 11.3 Å². The van der Waals surface area contributed by atoms with E-state index in [0.717, 1.165) is 0 Å². The average molecular weight is 286 g/mol. The summed E-state index contributed by atoms with van der Waals surface area (Å²) in [5.41, 5.74) is 1.32. The number of carbonyl (C=O) groups is 1. The van der Waals surface area contributed by atoms with Crippen LogP contribution < -0.4 is 0 Å². The van der Waals surface area contributed by atoms with Gasteiger partial charge in [0.15, 0.2) is 0 Å². The molecule has 0 amide bonds. The Morgan fingerprint density at radius 1 is 1.33 bits per heavy atom. The molecule has 2 rings (SSSR count). The second kappa shape index (κ2) is 5.00. The molecular formula is C12H9Cl2NO3. The Bertz CT molecular complexity index is 607. The number of rotatable bonds is 2. The number of halogens is 2. The highest BCUT2D eigenvalue weighted by Crippen LogP contribution is 2.31. The van der Waals surface area contributed by atoms with E-state index in [4.69, 9.17) is 32.5 Å². The zero-order chi connectivity index (χ0) is 13.3. The van der Waals surface area contributed by atoms with Crippen LogP contribution in [0, 0.1) is 6.92 Å². The molecule has 0 unspecified atom stereocenters. The Balaban J connectivity index is 2.57. The number of hydrogen-bond donors (Lipinski definition) is 0. The number of ether oxygens (including phenoxy) is 1. The van der Waals surface area contributed by atoms with E-state index in [1.807, 2.05) is 0 Å². The third-order valence-corrected chi connectivity index (χ3v) is 3.18. The molecule has 0 aliphatic carbocycles. The van der Waals surface area contributed by atoms with Crippen molar-refractivity contribution in [3.05, 3.63) is 39.6 Å². The summed E-state index contributed by atoms with van der Waals surface area (Å²) < 4.78 is 9.71. The Labute approximate surface area is 113 Å². The van der Waals surface area contributed by atoms with Crippen molar-refractivity contribution in [3.63, 3.8) is 0 Å². The summed E-state index contributed by atoms with van der Waals surface area (Å²) in [4.78, 5) is 11.7. The summed E-state index contributed by atoms with van der Waals surface area (Å²) in [7, 11) is 1.30. The standard InChI is InChI=1S/C12H9Cl2NO3/c1-6-10(12(16)17-2)11(15-18-6)7-3-4-8(13)9(14)5-7/h3-5H,1-2H3. The number of esters is 1. The van der Waals surface area contributed by atoms with Crippen LogP contribution in [0.25, 0.3) is 11.3 Å². The number of methoxy groups -OCH3 is 1. The quantitative estimate of drug-likeness (QED) is 0.789. The molecule has 0 aliphatic heterocycles. The van der Waals surface area contributed by atoms with E-state index in [1.165, 1.54) is 7.11 Å². The van der Waals surface area contributed by atoms with Gasteiger partial charge in [-0.2, -0.15) is 0 Å². The zero-order valence-electron chi connectivity index (χ0n) is 9.66. The first-order chi connectivity index (χ1) is 8.54. The van der Waals surface area contributed by atoms with E-state index in [0.29, 0.717) is 27.1 Å². The number of benzene rings is 1. The van der Waals surface area contributed by atoms with Crippen LogP contribution in [0.1, 0.15) is 16.1 Å². The number of hydrogen-bond acceptors (Lipinski definition) is 4. The van der Waals surface area contributed by atoms with Crippen LogP contribution in [0.4, 0.5) is 0 Å². The fourth-order valence-corrected chi connectivity index (χ4v) is 1.85. The first kappa shape index (κ1) is 12.9. The molecule has 1 heterocycles. The van der Waals surface area contributed by atoms with E-state index in [9.17, 15) is 4.79 Å². The molecule has 2 aromatic rings. The van der Waals surface area contributed by atoms with Crippen molar-refractivity contribution < 1.29 is 14.1 Å². The van der Waals surface area contributed by atoms with Crippen molar-refractivity contribution in [2.24, 2.45) is 0 Å². The second-order valence-electron chi connectivity index (χ2n) is 3.58. The van der Waals surface area contributed by atoms with Crippen molar-refractivity contribution in [1.82, 2.24) is 5.16 Å². The Morgan fingerprint density at radius 2 is 2.06 bits per heavy atom. The molecule has 4 nitrogen and oxygen atoms in total. The SMILES string of the molecule is COC(=O)c1c(-c2ccc(Cl)c(Cl)c2)noc1C. The van der Waals surface area contributed by atoms with E-state index in [-0.39, 0.29) is 5.56 Å². The lowest BCUT2D eigenvalue weighted by Crippen LogP contribution is -2.03. The average Bonchev–Trinajstić information content (AvgIpc) is 2.74. The summed E-state index contributed by atoms with van der Waals surface area (Å²) >= 11 is 11.8. The highest BCUT2D eigenvalue weighted by atomic mass is 35.5. The largest absolute Gasteiger partial charge is 0.465 e. The molecule has 0 N–H and O–H groups in total. The molecule has 0 radical (unpaired) electrons. The van der Waals surface area contributed by atoms with Gasteiger partial charge in [-0.1, -0.05) is 34.4 Å². The van der Waals surface area contributed by atoms with E-state index < -0.39 is 5.97 Å². The molecule has 94 valence electrons. The first-order valence-electron chi connectivity index (χ1n) is 5.04. The molecule has 0 saturated heterocycles. The van der Waals surface area contributed by atoms with Gasteiger partial charge in [-0.15, -0.1) is 0 Å². The van der Waals surface area contributed by atoms with Gasteiger partial charge in [0, 0.05) is 5.56 Å². The van der Waals surface area contributed by atoms with Crippen molar-refractivity contribution >= 4 is 29.2 Å². The minimum Gasteiger partial charge on any atom is -0.465 e. The first-order valence-corrected chi connectivity index (χ1v) is 5.80. The third kappa shape index (κ3) is 2.21. The second-order valence-corrected chi connectivity index (χ2v) is 4.40. The lowest BCUT2D eigenvalue weighted by molar-refractivity contribution is 0.0599. The predicted octanol–water partition coefficient (Wildman–Crippen LogP) is 3.74. The fourth-order valence-electron chi connectivity index (χ4n) is 1.56. The van der Waals surface area contributed by atoms with Gasteiger partial charge in [0.25, 0.3) is 0 Å². The molecule has 6 heteroatoms. The van der Waals surface area contributed by atoms with Crippen LogP contribution >= 0.6 is 23.2 Å². The van der Waals surface area contributed by atoms with Crippen molar-refractivity contribution in [2.45, 2.75) is 6.92 Å². The fraction of sp³-hybridized carbons (Fsp3) is 0.167. The molecule has 0 atom stereocenters. The van der Waals surface area contributed by atoms with Gasteiger partial charge in [-0.3, -0.25) is 0 Å². The van der Waals surface area contributed by atoms with Crippen molar-refractivity contribution in [1.29, 1.82) is 0 Å². The maximum Gasteiger partial charge on any atom is 0.343 e. The highest BCUT2D eigenvalue weighted by Gasteiger charge is 2.22. The van der Waals surface area contributed by atoms with Gasteiger partial charge < -0.3 is 9.26 Å². The number of aryl methyl sites for hydroxylation is 1. The summed E-state index contributed by atoms with van der Waals surface area (Å²) in [6.45, 7) is 1.64. The van der Waals surface area contributed by atoms with Crippen LogP contribution in [0.5, 0.6) is 0 Å². The molecule has 1 aromatic heterocycles. The molecule has 0 spiro atoms. The van der Waals surface area contributed by atoms with Crippen LogP contribution in [0.15, 0.2) is 22.7 Å². The van der Waals surface area contributed by atoms with Gasteiger partial charge in [0.05, 0.1) is 17.2 Å². The normalized spacial score (nSPS) is 10.4. The molecular weight excluding hydrogens is 277 g/mol. The lowest BCUT2D eigenvalue weighted by atomic mass is 10.1. The molecule has 0 fully saturated rings. The maximum atomic E-state index is 11.7. The molecule has 0 saturated carbocycles. The van der Waals surface area contributed by atoms with Gasteiger partial charge in [0.2, 0.25) is 0 Å². The third-order valence-electron chi connectivity index (χ3n) is 2.45. The van der Waals surface area contributed by atoms with Gasteiger partial charge in [0.1, 0.15) is 17.0 Å². The highest BCUT2D eigenvalue weighted by molar-refractivity contribution is 6.42. The number of aromatic nitrogens is 1. The minimum atomic E-state index is -0.505. The Kier molecular flexibility index (Phi) is 3.59. The number of carbonyl (C=O) groups excluding carboxylic acids is 1. The number of nitrogens with zero attached hydrogens (tertiary/aromatic N) is 1. The maximum absolute atomic E-state index is 11.7. The molecule has 0 aliphatic rings. The lowest BCUT2D eigenvalue weighted by Gasteiger charge is -2.02.